The van der Waals surface area contributed by atoms with E-state index in [0.29, 0.717) is 31.0 Å². The van der Waals surface area contributed by atoms with Gasteiger partial charge in [-0.05, 0) is 18.2 Å². The molecule has 21 heavy (non-hydrogen) atoms. The fourth-order valence-electron chi connectivity index (χ4n) is 2.10. The van der Waals surface area contributed by atoms with Crippen molar-refractivity contribution in [1.29, 1.82) is 0 Å². The van der Waals surface area contributed by atoms with Crippen molar-refractivity contribution in [1.82, 2.24) is 15.2 Å². The molecule has 1 saturated heterocycles. The number of likely N-dealkylation sites (N-methyl/N-ethyl adjacent to an activating group) is 1. The molecule has 1 aromatic rings. The zero-order valence-corrected chi connectivity index (χ0v) is 12.0. The molecule has 3 N–H and O–H groups in total. The van der Waals surface area contributed by atoms with Gasteiger partial charge in [0.2, 0.25) is 5.91 Å². The lowest BCUT2D eigenvalue weighted by Gasteiger charge is -2.31. The highest BCUT2D eigenvalue weighted by Crippen LogP contribution is 2.13. The van der Waals surface area contributed by atoms with E-state index < -0.39 is 0 Å². The smallest absolute Gasteiger partial charge is 0.265 e. The number of carbonyl (C=O) groups is 2. The van der Waals surface area contributed by atoms with Crippen LogP contribution in [0.5, 0.6) is 5.75 Å². The van der Waals surface area contributed by atoms with E-state index in [2.05, 4.69) is 10.3 Å². The quantitative estimate of drug-likeness (QED) is 0.432. The lowest BCUT2D eigenvalue weighted by atomic mass is 10.2. The summed E-state index contributed by atoms with van der Waals surface area (Å²) in [5, 5.41) is 0. The average molecular weight is 292 g/mol. The SMILES string of the molecule is CN1CCN(CCOc2cccc(C(=O)NN)c2)CC1=O. The third-order valence-electron chi connectivity index (χ3n) is 3.44. The number of amides is 2. The molecule has 0 aromatic heterocycles. The van der Waals surface area contributed by atoms with Crippen molar-refractivity contribution < 1.29 is 14.3 Å². The second-order valence-corrected chi connectivity index (χ2v) is 4.94. The third-order valence-corrected chi connectivity index (χ3v) is 3.44. The Labute approximate surface area is 123 Å². The number of hydrazine groups is 1. The molecule has 2 rings (SSSR count). The zero-order valence-electron chi connectivity index (χ0n) is 12.0. The van der Waals surface area contributed by atoms with Crippen LogP contribution in [0.1, 0.15) is 10.4 Å². The second-order valence-electron chi connectivity index (χ2n) is 4.94. The van der Waals surface area contributed by atoms with Gasteiger partial charge in [-0.15, -0.1) is 0 Å². The summed E-state index contributed by atoms with van der Waals surface area (Å²) >= 11 is 0. The number of nitrogen functional groups attached to an aromatic ring is 1. The van der Waals surface area contributed by atoms with Crippen molar-refractivity contribution in [2.45, 2.75) is 0 Å². The van der Waals surface area contributed by atoms with Gasteiger partial charge in [-0.1, -0.05) is 6.07 Å². The molecule has 7 nitrogen and oxygen atoms in total. The van der Waals surface area contributed by atoms with E-state index in [4.69, 9.17) is 10.6 Å². The van der Waals surface area contributed by atoms with Gasteiger partial charge in [0.1, 0.15) is 12.4 Å². The van der Waals surface area contributed by atoms with Crippen LogP contribution in [0.4, 0.5) is 0 Å². The molecule has 0 atom stereocenters. The molecule has 1 fully saturated rings. The van der Waals surface area contributed by atoms with E-state index in [1.54, 1.807) is 29.2 Å². The predicted molar refractivity (Wildman–Crippen MR) is 77.7 cm³/mol. The van der Waals surface area contributed by atoms with E-state index >= 15 is 0 Å². The molecule has 0 spiro atoms. The molecule has 7 heteroatoms. The van der Waals surface area contributed by atoms with Crippen LogP contribution in [-0.4, -0.2) is 61.4 Å². The van der Waals surface area contributed by atoms with Crippen molar-refractivity contribution in [2.75, 3.05) is 39.8 Å². The van der Waals surface area contributed by atoms with Crippen molar-refractivity contribution in [3.05, 3.63) is 29.8 Å². The summed E-state index contributed by atoms with van der Waals surface area (Å²) in [5.74, 6) is 5.47. The number of carbonyl (C=O) groups excluding carboxylic acids is 2. The minimum atomic E-state index is -0.356. The van der Waals surface area contributed by atoms with Crippen LogP contribution < -0.4 is 16.0 Å². The van der Waals surface area contributed by atoms with Crippen LogP contribution >= 0.6 is 0 Å². The van der Waals surface area contributed by atoms with E-state index in [9.17, 15) is 9.59 Å². The Morgan fingerprint density at radius 3 is 2.95 bits per heavy atom. The number of hydrogen-bond acceptors (Lipinski definition) is 5. The Kier molecular flexibility index (Phi) is 5.13. The van der Waals surface area contributed by atoms with E-state index in [-0.39, 0.29) is 11.8 Å². The van der Waals surface area contributed by atoms with Crippen LogP contribution in [0.2, 0.25) is 0 Å². The van der Waals surface area contributed by atoms with Crippen molar-refractivity contribution in [3.63, 3.8) is 0 Å². The number of nitrogens with one attached hydrogen (secondary N) is 1. The summed E-state index contributed by atoms with van der Waals surface area (Å²) in [6.07, 6.45) is 0. The molecule has 114 valence electrons. The summed E-state index contributed by atoms with van der Waals surface area (Å²) in [6, 6.07) is 6.81. The van der Waals surface area contributed by atoms with E-state index in [1.807, 2.05) is 7.05 Å². The summed E-state index contributed by atoms with van der Waals surface area (Å²) in [7, 11) is 1.81. The Balaban J connectivity index is 1.81. The largest absolute Gasteiger partial charge is 0.492 e. The van der Waals surface area contributed by atoms with Crippen LogP contribution in [-0.2, 0) is 4.79 Å². The second kappa shape index (κ2) is 7.05. The number of nitrogens with two attached hydrogens (primary N) is 1. The van der Waals surface area contributed by atoms with Gasteiger partial charge in [-0.3, -0.25) is 19.9 Å². The highest BCUT2D eigenvalue weighted by molar-refractivity contribution is 5.94. The molecule has 0 aliphatic carbocycles. The van der Waals surface area contributed by atoms with Crippen LogP contribution in [0.15, 0.2) is 24.3 Å². The van der Waals surface area contributed by atoms with Crippen molar-refractivity contribution in [3.8, 4) is 5.75 Å². The molecule has 0 bridgehead atoms. The van der Waals surface area contributed by atoms with Crippen molar-refractivity contribution in [2.24, 2.45) is 5.84 Å². The summed E-state index contributed by atoms with van der Waals surface area (Å²) < 4.78 is 5.62. The predicted octanol–water partition coefficient (Wildman–Crippen LogP) is -0.557. The molecule has 1 aliphatic heterocycles. The molecule has 2 amide bonds. The molecule has 0 saturated carbocycles. The third kappa shape index (κ3) is 4.17. The number of hydrogen-bond donors (Lipinski definition) is 2. The van der Waals surface area contributed by atoms with Crippen molar-refractivity contribution >= 4 is 11.8 Å². The molecule has 0 unspecified atom stereocenters. The molecule has 1 aliphatic rings. The first kappa shape index (κ1) is 15.3. The van der Waals surface area contributed by atoms with Gasteiger partial charge in [-0.25, -0.2) is 5.84 Å². The Morgan fingerprint density at radius 2 is 2.24 bits per heavy atom. The number of benzene rings is 1. The minimum absolute atomic E-state index is 0.128. The number of nitrogens with zero attached hydrogens (tertiary/aromatic N) is 2. The molecule has 1 aromatic carbocycles. The van der Waals surface area contributed by atoms with Gasteiger partial charge < -0.3 is 9.64 Å². The lowest BCUT2D eigenvalue weighted by Crippen LogP contribution is -2.49. The first-order valence-corrected chi connectivity index (χ1v) is 6.80. The van der Waals surface area contributed by atoms with Gasteiger partial charge in [0, 0.05) is 32.2 Å². The molecule has 0 radical (unpaired) electrons. The zero-order chi connectivity index (χ0) is 15.2. The summed E-state index contributed by atoms with van der Waals surface area (Å²) in [6.45, 7) is 3.15. The average Bonchev–Trinajstić information content (AvgIpc) is 2.50. The molecule has 1 heterocycles. The highest BCUT2D eigenvalue weighted by Gasteiger charge is 2.20. The number of rotatable bonds is 5. The maximum atomic E-state index is 11.6. The summed E-state index contributed by atoms with van der Waals surface area (Å²) in [5.41, 5.74) is 2.53. The van der Waals surface area contributed by atoms with E-state index in [1.165, 1.54) is 0 Å². The lowest BCUT2D eigenvalue weighted by molar-refractivity contribution is -0.134. The maximum absolute atomic E-state index is 11.6. The van der Waals surface area contributed by atoms with Crippen LogP contribution in [0.3, 0.4) is 0 Å². The Hall–Kier alpha value is -2.12. The molecular formula is C14H20N4O3. The van der Waals surface area contributed by atoms with E-state index in [0.717, 1.165) is 13.1 Å². The van der Waals surface area contributed by atoms with Gasteiger partial charge in [0.15, 0.2) is 0 Å². The fraction of sp³-hybridized carbons (Fsp3) is 0.429. The Bertz CT molecular complexity index is 521. The van der Waals surface area contributed by atoms with Gasteiger partial charge in [-0.2, -0.15) is 0 Å². The summed E-state index contributed by atoms with van der Waals surface area (Å²) in [4.78, 5) is 26.8. The normalized spacial score (nSPS) is 15.9. The number of ether oxygens (including phenoxy) is 1. The highest BCUT2D eigenvalue weighted by atomic mass is 16.5. The first-order chi connectivity index (χ1) is 10.1. The van der Waals surface area contributed by atoms with Gasteiger partial charge in [0.25, 0.3) is 5.91 Å². The fourth-order valence-corrected chi connectivity index (χ4v) is 2.10. The Morgan fingerprint density at radius 1 is 1.43 bits per heavy atom. The standard InChI is InChI=1S/C14H20N4O3/c1-17-5-6-18(10-13(17)19)7-8-21-12-4-2-3-11(9-12)14(20)16-15/h2-4,9H,5-8,10,15H2,1H3,(H,16,20). The monoisotopic (exact) mass is 292 g/mol. The first-order valence-electron chi connectivity index (χ1n) is 6.80. The molecular weight excluding hydrogens is 272 g/mol. The topological polar surface area (TPSA) is 87.9 Å². The van der Waals surface area contributed by atoms with Crippen LogP contribution in [0, 0.1) is 0 Å². The van der Waals surface area contributed by atoms with Gasteiger partial charge in [0.05, 0.1) is 6.54 Å². The minimum Gasteiger partial charge on any atom is -0.492 e. The maximum Gasteiger partial charge on any atom is 0.265 e. The number of piperazine rings is 1. The van der Waals surface area contributed by atoms with Gasteiger partial charge >= 0.3 is 0 Å². The van der Waals surface area contributed by atoms with Crippen LogP contribution in [0.25, 0.3) is 0 Å².